The Morgan fingerprint density at radius 1 is 1.62 bits per heavy atom. The average Bonchev–Trinajstić information content (AvgIpc) is 2.08. The standard InChI is InChI=1S/C9H9ClNO2/c1-2-3-7-4-5-8(10)6-9(7)11(12)13/h2,4-6H,3H2,1H3. The molecule has 0 saturated carbocycles. The summed E-state index contributed by atoms with van der Waals surface area (Å²) in [6.07, 6.45) is 2.46. The first-order valence-electron chi connectivity index (χ1n) is 3.85. The van der Waals surface area contributed by atoms with Crippen molar-refractivity contribution in [1.29, 1.82) is 0 Å². The van der Waals surface area contributed by atoms with Gasteiger partial charge in [0.1, 0.15) is 0 Å². The Labute approximate surface area is 81.5 Å². The summed E-state index contributed by atoms with van der Waals surface area (Å²) in [6.45, 7) is 1.86. The van der Waals surface area contributed by atoms with E-state index in [-0.39, 0.29) is 5.69 Å². The molecule has 0 unspecified atom stereocenters. The lowest BCUT2D eigenvalue weighted by atomic mass is 10.1. The van der Waals surface area contributed by atoms with E-state index in [1.807, 2.05) is 13.3 Å². The molecular formula is C9H9ClNO2. The Morgan fingerprint density at radius 3 is 2.85 bits per heavy atom. The first-order chi connectivity index (χ1) is 6.15. The van der Waals surface area contributed by atoms with Gasteiger partial charge in [0.25, 0.3) is 5.69 Å². The highest BCUT2D eigenvalue weighted by Crippen LogP contribution is 2.23. The van der Waals surface area contributed by atoms with Crippen molar-refractivity contribution in [3.05, 3.63) is 45.3 Å². The lowest BCUT2D eigenvalue weighted by molar-refractivity contribution is -0.385. The molecule has 0 aliphatic heterocycles. The van der Waals surface area contributed by atoms with Gasteiger partial charge >= 0.3 is 0 Å². The van der Waals surface area contributed by atoms with Crippen molar-refractivity contribution in [2.75, 3.05) is 0 Å². The van der Waals surface area contributed by atoms with Crippen LogP contribution in [-0.2, 0) is 6.42 Å². The number of nitro benzene ring substituents is 1. The molecule has 0 aliphatic rings. The quantitative estimate of drug-likeness (QED) is 0.554. The molecule has 1 radical (unpaired) electrons. The maximum Gasteiger partial charge on any atom is 0.274 e. The van der Waals surface area contributed by atoms with Gasteiger partial charge in [-0.25, -0.2) is 0 Å². The van der Waals surface area contributed by atoms with E-state index in [0.29, 0.717) is 17.0 Å². The van der Waals surface area contributed by atoms with Crippen LogP contribution < -0.4 is 0 Å². The molecule has 0 fully saturated rings. The Morgan fingerprint density at radius 2 is 2.31 bits per heavy atom. The topological polar surface area (TPSA) is 43.1 Å². The van der Waals surface area contributed by atoms with Crippen molar-refractivity contribution in [3.8, 4) is 0 Å². The molecule has 0 N–H and O–H groups in total. The van der Waals surface area contributed by atoms with Crippen LogP contribution in [0.1, 0.15) is 12.5 Å². The van der Waals surface area contributed by atoms with Gasteiger partial charge in [-0.2, -0.15) is 0 Å². The van der Waals surface area contributed by atoms with Gasteiger partial charge in [0.15, 0.2) is 0 Å². The zero-order chi connectivity index (χ0) is 9.84. The van der Waals surface area contributed by atoms with Crippen molar-refractivity contribution in [1.82, 2.24) is 0 Å². The first kappa shape index (κ1) is 9.99. The van der Waals surface area contributed by atoms with Gasteiger partial charge in [-0.15, -0.1) is 0 Å². The SMILES string of the molecule is C[CH]Cc1ccc(Cl)cc1[N+](=O)[O-]. The van der Waals surface area contributed by atoms with Crippen LogP contribution in [0, 0.1) is 16.5 Å². The van der Waals surface area contributed by atoms with Crippen LogP contribution in [-0.4, -0.2) is 4.92 Å². The summed E-state index contributed by atoms with van der Waals surface area (Å²) in [7, 11) is 0. The Kier molecular flexibility index (Phi) is 3.25. The summed E-state index contributed by atoms with van der Waals surface area (Å²) in [6, 6.07) is 4.72. The van der Waals surface area contributed by atoms with Crippen molar-refractivity contribution in [3.63, 3.8) is 0 Å². The normalized spacial score (nSPS) is 10.0. The predicted octanol–water partition coefficient (Wildman–Crippen LogP) is 3.01. The monoisotopic (exact) mass is 198 g/mol. The molecule has 0 heterocycles. The minimum absolute atomic E-state index is 0.0885. The number of hydrogen-bond donors (Lipinski definition) is 0. The minimum atomic E-state index is -0.412. The number of nitrogens with zero attached hydrogens (tertiary/aromatic N) is 1. The van der Waals surface area contributed by atoms with E-state index >= 15 is 0 Å². The first-order valence-corrected chi connectivity index (χ1v) is 4.23. The highest BCUT2D eigenvalue weighted by atomic mass is 35.5. The summed E-state index contributed by atoms with van der Waals surface area (Å²) in [5, 5.41) is 11.0. The van der Waals surface area contributed by atoms with Gasteiger partial charge in [-0.05, 0) is 18.9 Å². The summed E-state index contributed by atoms with van der Waals surface area (Å²) < 4.78 is 0. The van der Waals surface area contributed by atoms with Gasteiger partial charge < -0.3 is 0 Å². The minimum Gasteiger partial charge on any atom is -0.258 e. The fraction of sp³-hybridized carbons (Fsp3) is 0.222. The highest BCUT2D eigenvalue weighted by molar-refractivity contribution is 6.30. The maximum atomic E-state index is 10.6. The summed E-state index contributed by atoms with van der Waals surface area (Å²) in [5.74, 6) is 0. The molecule has 0 saturated heterocycles. The van der Waals surface area contributed by atoms with E-state index < -0.39 is 4.92 Å². The van der Waals surface area contributed by atoms with Crippen LogP contribution in [0.5, 0.6) is 0 Å². The zero-order valence-corrected chi connectivity index (χ0v) is 7.91. The van der Waals surface area contributed by atoms with Crippen molar-refractivity contribution in [2.45, 2.75) is 13.3 Å². The van der Waals surface area contributed by atoms with Gasteiger partial charge in [-0.1, -0.05) is 24.6 Å². The largest absolute Gasteiger partial charge is 0.274 e. The van der Waals surface area contributed by atoms with Gasteiger partial charge in [0.05, 0.1) is 4.92 Å². The second-order valence-electron chi connectivity index (χ2n) is 2.64. The molecular weight excluding hydrogens is 190 g/mol. The van der Waals surface area contributed by atoms with Gasteiger partial charge in [-0.3, -0.25) is 10.1 Å². The lowest BCUT2D eigenvalue weighted by Gasteiger charge is -2.00. The van der Waals surface area contributed by atoms with Crippen molar-refractivity contribution in [2.24, 2.45) is 0 Å². The van der Waals surface area contributed by atoms with E-state index in [9.17, 15) is 10.1 Å². The molecule has 3 nitrogen and oxygen atoms in total. The molecule has 1 rings (SSSR count). The molecule has 13 heavy (non-hydrogen) atoms. The van der Waals surface area contributed by atoms with Crippen molar-refractivity contribution >= 4 is 17.3 Å². The Bertz CT molecular complexity index is 325. The van der Waals surface area contributed by atoms with Crippen molar-refractivity contribution < 1.29 is 4.92 Å². The van der Waals surface area contributed by atoms with Gasteiger partial charge in [0.2, 0.25) is 0 Å². The maximum absolute atomic E-state index is 10.6. The van der Waals surface area contributed by atoms with E-state index in [1.54, 1.807) is 12.1 Å². The number of hydrogen-bond acceptors (Lipinski definition) is 2. The molecule has 1 aromatic carbocycles. The number of benzene rings is 1. The highest BCUT2D eigenvalue weighted by Gasteiger charge is 2.12. The lowest BCUT2D eigenvalue weighted by Crippen LogP contribution is -1.95. The third-order valence-corrected chi connectivity index (χ3v) is 1.90. The molecule has 0 spiro atoms. The molecule has 0 aromatic heterocycles. The number of halogens is 1. The van der Waals surface area contributed by atoms with Gasteiger partial charge in [0, 0.05) is 16.7 Å². The fourth-order valence-corrected chi connectivity index (χ4v) is 1.27. The van der Waals surface area contributed by atoms with Crippen LogP contribution in [0.4, 0.5) is 5.69 Å². The predicted molar refractivity (Wildman–Crippen MR) is 51.8 cm³/mol. The number of rotatable bonds is 3. The summed E-state index contributed by atoms with van der Waals surface area (Å²) >= 11 is 5.65. The molecule has 0 amide bonds. The third kappa shape index (κ3) is 2.42. The zero-order valence-electron chi connectivity index (χ0n) is 7.16. The van der Waals surface area contributed by atoms with Crippen LogP contribution in [0.3, 0.4) is 0 Å². The molecule has 0 atom stereocenters. The second kappa shape index (κ2) is 4.23. The fourth-order valence-electron chi connectivity index (χ4n) is 1.10. The van der Waals surface area contributed by atoms with E-state index in [4.69, 9.17) is 11.6 Å². The molecule has 0 bridgehead atoms. The summed E-state index contributed by atoms with van der Waals surface area (Å²) in [5.41, 5.74) is 0.780. The van der Waals surface area contributed by atoms with Crippen LogP contribution in [0.25, 0.3) is 0 Å². The second-order valence-corrected chi connectivity index (χ2v) is 3.08. The Hall–Kier alpha value is -1.09. The summed E-state index contributed by atoms with van der Waals surface area (Å²) in [4.78, 5) is 10.2. The van der Waals surface area contributed by atoms with Crippen LogP contribution in [0.15, 0.2) is 18.2 Å². The third-order valence-electron chi connectivity index (χ3n) is 1.67. The van der Waals surface area contributed by atoms with Crippen LogP contribution >= 0.6 is 11.6 Å². The average molecular weight is 199 g/mol. The van der Waals surface area contributed by atoms with E-state index in [0.717, 1.165) is 0 Å². The molecule has 69 valence electrons. The molecule has 4 heteroatoms. The smallest absolute Gasteiger partial charge is 0.258 e. The Balaban J connectivity index is 3.10. The van der Waals surface area contributed by atoms with E-state index in [1.165, 1.54) is 6.07 Å². The molecule has 0 aliphatic carbocycles. The number of nitro groups is 1. The van der Waals surface area contributed by atoms with Crippen LogP contribution in [0.2, 0.25) is 5.02 Å². The van der Waals surface area contributed by atoms with E-state index in [2.05, 4.69) is 0 Å². The molecule has 1 aromatic rings.